The van der Waals surface area contributed by atoms with E-state index in [-0.39, 0.29) is 24.7 Å². The molecule has 36 heavy (non-hydrogen) atoms. The van der Waals surface area contributed by atoms with Gasteiger partial charge < -0.3 is 28.9 Å². The summed E-state index contributed by atoms with van der Waals surface area (Å²) in [7, 11) is 0. The van der Waals surface area contributed by atoms with Gasteiger partial charge in [0, 0.05) is 21.8 Å². The molecular formula is C26H24N2O8. The van der Waals surface area contributed by atoms with Crippen molar-refractivity contribution in [1.82, 2.24) is 9.97 Å². The average molecular weight is 492 g/mol. The molecule has 2 heterocycles. The molecule has 0 aliphatic rings. The number of hydrogen-bond acceptors (Lipinski definition) is 8. The van der Waals surface area contributed by atoms with Gasteiger partial charge in [0.1, 0.15) is 24.2 Å². The van der Waals surface area contributed by atoms with Crippen LogP contribution in [0.3, 0.4) is 0 Å². The van der Waals surface area contributed by atoms with Crippen LogP contribution in [-0.4, -0.2) is 47.1 Å². The van der Waals surface area contributed by atoms with Crippen LogP contribution < -0.4 is 9.47 Å². The van der Waals surface area contributed by atoms with Gasteiger partial charge in [-0.25, -0.2) is 0 Å². The lowest BCUT2D eigenvalue weighted by Crippen LogP contribution is -2.17. The van der Waals surface area contributed by atoms with Gasteiger partial charge in [-0.1, -0.05) is 24.3 Å². The van der Waals surface area contributed by atoms with E-state index >= 15 is 0 Å². The van der Waals surface area contributed by atoms with Gasteiger partial charge in [0.2, 0.25) is 0 Å². The molecule has 2 N–H and O–H groups in total. The zero-order chi connectivity index (χ0) is 25.7. The van der Waals surface area contributed by atoms with Gasteiger partial charge in [0.15, 0.2) is 11.5 Å². The number of fused-ring (bicyclic) bond motifs is 2. The number of H-pyrrole nitrogens is 2. The van der Waals surface area contributed by atoms with E-state index in [1.54, 1.807) is 62.4 Å². The number of hydrogen-bond donors (Lipinski definition) is 2. The molecule has 2 aromatic carbocycles. The van der Waals surface area contributed by atoms with Gasteiger partial charge in [0.25, 0.3) is 0 Å². The van der Waals surface area contributed by atoms with Crippen LogP contribution in [-0.2, 0) is 28.7 Å². The average Bonchev–Trinajstić information content (AvgIpc) is 3.37. The Kier molecular flexibility index (Phi) is 7.33. The summed E-state index contributed by atoms with van der Waals surface area (Å²) >= 11 is 0. The zero-order valence-electron chi connectivity index (χ0n) is 19.7. The SMILES string of the molecule is CCOC(=O)CC(=O)Oc1c(-c2[nH]c3ccccc3c2OC(=O)CC(=O)OCC)[nH]c2ccccc12. The lowest BCUT2D eigenvalue weighted by molar-refractivity contribution is -0.151. The summed E-state index contributed by atoms with van der Waals surface area (Å²) in [5.74, 6) is -2.73. The molecule has 0 saturated carbocycles. The molecule has 0 saturated heterocycles. The van der Waals surface area contributed by atoms with Crippen LogP contribution in [0.25, 0.3) is 33.2 Å². The van der Waals surface area contributed by atoms with E-state index in [0.29, 0.717) is 33.2 Å². The second kappa shape index (κ2) is 10.8. The molecule has 2 aromatic heterocycles. The normalized spacial score (nSPS) is 10.8. The molecule has 0 bridgehead atoms. The van der Waals surface area contributed by atoms with Crippen molar-refractivity contribution in [2.45, 2.75) is 26.7 Å². The van der Waals surface area contributed by atoms with E-state index in [2.05, 4.69) is 9.97 Å². The van der Waals surface area contributed by atoms with Crippen molar-refractivity contribution in [3.8, 4) is 22.9 Å². The molecule has 0 radical (unpaired) electrons. The largest absolute Gasteiger partial charge is 0.466 e. The predicted molar refractivity (Wildman–Crippen MR) is 129 cm³/mol. The summed E-state index contributed by atoms with van der Waals surface area (Å²) in [5.41, 5.74) is 1.94. The molecular weight excluding hydrogens is 468 g/mol. The maximum absolute atomic E-state index is 12.6. The molecule has 0 aliphatic carbocycles. The molecule has 0 spiro atoms. The van der Waals surface area contributed by atoms with Gasteiger partial charge in [-0.3, -0.25) is 19.2 Å². The standard InChI is InChI=1S/C26H24N2O8/c1-3-33-19(29)13-21(31)35-25-15-9-5-7-11-17(15)27-23(25)24-26(16-10-6-8-12-18(16)28-24)36-22(32)14-20(30)34-4-2/h5-12,27-28H,3-4,13-14H2,1-2H3. The van der Waals surface area contributed by atoms with E-state index in [1.807, 2.05) is 0 Å². The first-order valence-corrected chi connectivity index (χ1v) is 11.4. The smallest absolute Gasteiger partial charge is 0.322 e. The number of carbonyl (C=O) groups is 4. The number of aromatic nitrogens is 2. The Balaban J connectivity index is 1.78. The number of esters is 4. The van der Waals surface area contributed by atoms with Gasteiger partial charge >= 0.3 is 23.9 Å². The highest BCUT2D eigenvalue weighted by Gasteiger charge is 2.26. The Labute approximate surface area is 205 Å². The maximum Gasteiger partial charge on any atom is 0.322 e. The topological polar surface area (TPSA) is 137 Å². The van der Waals surface area contributed by atoms with Crippen molar-refractivity contribution < 1.29 is 38.1 Å². The predicted octanol–water partition coefficient (Wildman–Crippen LogP) is 4.03. The lowest BCUT2D eigenvalue weighted by atomic mass is 10.2. The van der Waals surface area contributed by atoms with E-state index in [1.165, 1.54) is 0 Å². The molecule has 4 aromatic rings. The lowest BCUT2D eigenvalue weighted by Gasteiger charge is -2.09. The third-order valence-electron chi connectivity index (χ3n) is 5.19. The minimum absolute atomic E-state index is 0.139. The first kappa shape index (κ1) is 24.5. The summed E-state index contributed by atoms with van der Waals surface area (Å²) in [5, 5.41) is 1.15. The number of nitrogens with one attached hydrogen (secondary N) is 2. The Bertz CT molecular complexity index is 1340. The van der Waals surface area contributed by atoms with Crippen LogP contribution in [0.1, 0.15) is 26.7 Å². The minimum atomic E-state index is -0.809. The molecule has 10 heteroatoms. The number of ether oxygens (including phenoxy) is 4. The van der Waals surface area contributed by atoms with Crippen molar-refractivity contribution >= 4 is 45.7 Å². The first-order chi connectivity index (χ1) is 17.4. The fourth-order valence-electron chi connectivity index (χ4n) is 3.76. The van der Waals surface area contributed by atoms with Crippen LogP contribution >= 0.6 is 0 Å². The second-order valence-electron chi connectivity index (χ2n) is 7.66. The highest BCUT2D eigenvalue weighted by Crippen LogP contribution is 2.44. The molecule has 0 aliphatic heterocycles. The van der Waals surface area contributed by atoms with Gasteiger partial charge in [-0.05, 0) is 38.1 Å². The van der Waals surface area contributed by atoms with Crippen molar-refractivity contribution in [2.75, 3.05) is 13.2 Å². The number of rotatable bonds is 9. The van der Waals surface area contributed by atoms with Crippen LogP contribution in [0.2, 0.25) is 0 Å². The van der Waals surface area contributed by atoms with Crippen molar-refractivity contribution in [3.63, 3.8) is 0 Å². The first-order valence-electron chi connectivity index (χ1n) is 11.4. The summed E-state index contributed by atoms with van der Waals surface area (Å²) < 4.78 is 20.9. The van der Waals surface area contributed by atoms with E-state index in [0.717, 1.165) is 0 Å². The molecule has 0 atom stereocenters. The summed E-state index contributed by atoms with van der Waals surface area (Å²) in [6.07, 6.45) is -1.14. The van der Waals surface area contributed by atoms with Crippen LogP contribution in [0.4, 0.5) is 0 Å². The fraction of sp³-hybridized carbons (Fsp3) is 0.231. The quantitative estimate of drug-likeness (QED) is 0.264. The number of carbonyl (C=O) groups excluding carboxylic acids is 4. The van der Waals surface area contributed by atoms with Crippen molar-refractivity contribution in [1.29, 1.82) is 0 Å². The van der Waals surface area contributed by atoms with Gasteiger partial charge in [0.05, 0.1) is 13.2 Å². The Morgan fingerprint density at radius 2 is 1.00 bits per heavy atom. The molecule has 0 fully saturated rings. The third kappa shape index (κ3) is 5.22. The third-order valence-corrected chi connectivity index (χ3v) is 5.19. The van der Waals surface area contributed by atoms with Crippen LogP contribution in [0.15, 0.2) is 48.5 Å². The van der Waals surface area contributed by atoms with E-state index in [4.69, 9.17) is 18.9 Å². The van der Waals surface area contributed by atoms with Crippen molar-refractivity contribution in [3.05, 3.63) is 48.5 Å². The monoisotopic (exact) mass is 492 g/mol. The number of para-hydroxylation sites is 2. The molecule has 10 nitrogen and oxygen atoms in total. The highest BCUT2D eigenvalue weighted by molar-refractivity contribution is 6.03. The number of aromatic amines is 2. The Hall–Kier alpha value is -4.60. The highest BCUT2D eigenvalue weighted by atomic mass is 16.6. The second-order valence-corrected chi connectivity index (χ2v) is 7.66. The minimum Gasteiger partial charge on any atom is -0.466 e. The fourth-order valence-corrected chi connectivity index (χ4v) is 3.76. The summed E-state index contributed by atoms with van der Waals surface area (Å²) in [6.45, 7) is 3.56. The van der Waals surface area contributed by atoms with Crippen molar-refractivity contribution in [2.24, 2.45) is 0 Å². The Morgan fingerprint density at radius 1 is 0.611 bits per heavy atom. The van der Waals surface area contributed by atoms with E-state index in [9.17, 15) is 19.2 Å². The summed E-state index contributed by atoms with van der Waals surface area (Å²) in [4.78, 5) is 55.1. The zero-order valence-corrected chi connectivity index (χ0v) is 19.7. The molecule has 186 valence electrons. The summed E-state index contributed by atoms with van der Waals surface area (Å²) in [6, 6.07) is 14.2. The maximum atomic E-state index is 12.6. The Morgan fingerprint density at radius 3 is 1.39 bits per heavy atom. The molecule has 4 rings (SSSR count). The van der Waals surface area contributed by atoms with Gasteiger partial charge in [-0.15, -0.1) is 0 Å². The van der Waals surface area contributed by atoms with Crippen LogP contribution in [0, 0.1) is 0 Å². The molecule has 0 amide bonds. The molecule has 0 unspecified atom stereocenters. The van der Waals surface area contributed by atoms with Crippen LogP contribution in [0.5, 0.6) is 11.5 Å². The van der Waals surface area contributed by atoms with E-state index < -0.39 is 36.7 Å². The number of benzene rings is 2. The van der Waals surface area contributed by atoms with Gasteiger partial charge in [-0.2, -0.15) is 0 Å².